The molecule has 1 unspecified atom stereocenters. The summed E-state index contributed by atoms with van der Waals surface area (Å²) in [5, 5.41) is 10.8. The van der Waals surface area contributed by atoms with Gasteiger partial charge in [0.05, 0.1) is 0 Å². The van der Waals surface area contributed by atoms with Crippen molar-refractivity contribution in [1.82, 2.24) is 5.32 Å². The summed E-state index contributed by atoms with van der Waals surface area (Å²) in [6.45, 7) is 6.71. The second kappa shape index (κ2) is 3.88. The Morgan fingerprint density at radius 1 is 1.46 bits per heavy atom. The van der Waals surface area contributed by atoms with Gasteiger partial charge in [0.15, 0.2) is 4.87 Å². The second-order valence-electron chi connectivity index (χ2n) is 3.81. The van der Waals surface area contributed by atoms with Crippen LogP contribution in [0.3, 0.4) is 0 Å². The number of thiol groups is 1. The van der Waals surface area contributed by atoms with E-state index in [4.69, 9.17) is 10.00 Å². The van der Waals surface area contributed by atoms with Crippen molar-refractivity contribution in [2.45, 2.75) is 38.2 Å². The molecule has 0 aromatic rings. The van der Waals surface area contributed by atoms with Gasteiger partial charge in [-0.1, -0.05) is 0 Å². The van der Waals surface area contributed by atoms with Crippen molar-refractivity contribution in [3.8, 4) is 6.07 Å². The molecular weight excluding hydrogens is 188 g/mol. The first-order chi connectivity index (χ1) is 5.66. The predicted molar refractivity (Wildman–Crippen MR) is 52.4 cm³/mol. The third kappa shape index (κ3) is 6.29. The van der Waals surface area contributed by atoms with Crippen LogP contribution in [-0.4, -0.2) is 16.6 Å². The summed E-state index contributed by atoms with van der Waals surface area (Å²) in [4.78, 5) is 9.91. The van der Waals surface area contributed by atoms with Crippen LogP contribution in [0.15, 0.2) is 0 Å². The molecule has 0 aliphatic rings. The van der Waals surface area contributed by atoms with Crippen LogP contribution >= 0.6 is 12.6 Å². The van der Waals surface area contributed by atoms with Gasteiger partial charge in [0, 0.05) is 0 Å². The largest absolute Gasteiger partial charge is 0.444 e. The van der Waals surface area contributed by atoms with Gasteiger partial charge in [-0.25, -0.2) is 4.79 Å². The number of nitriles is 1. The predicted octanol–water partition coefficient (Wildman–Crippen LogP) is 1.68. The van der Waals surface area contributed by atoms with Crippen LogP contribution in [0, 0.1) is 11.3 Å². The Labute approximate surface area is 83.7 Å². The summed E-state index contributed by atoms with van der Waals surface area (Å²) >= 11 is 3.90. The summed E-state index contributed by atoms with van der Waals surface area (Å²) in [5.74, 6) is 0. The van der Waals surface area contributed by atoms with Crippen molar-refractivity contribution in [2.75, 3.05) is 0 Å². The minimum absolute atomic E-state index is 0.566. The van der Waals surface area contributed by atoms with Gasteiger partial charge >= 0.3 is 6.09 Å². The standard InChI is InChI=1S/C8H14N2O2S/c1-7(2,3)12-6(11)10-8(4,13)5-9/h13H,1-4H3,(H,10,11). The smallest absolute Gasteiger partial charge is 0.409 e. The fraction of sp³-hybridized carbons (Fsp3) is 0.750. The first-order valence-corrected chi connectivity index (χ1v) is 4.26. The zero-order chi connectivity index (χ0) is 10.7. The quantitative estimate of drug-likeness (QED) is 0.502. The molecule has 1 atom stereocenters. The molecule has 74 valence electrons. The molecule has 4 nitrogen and oxygen atoms in total. The molecule has 1 amide bonds. The van der Waals surface area contributed by atoms with Crippen molar-refractivity contribution < 1.29 is 9.53 Å². The monoisotopic (exact) mass is 202 g/mol. The number of nitrogens with zero attached hydrogens (tertiary/aromatic N) is 1. The number of ether oxygens (including phenoxy) is 1. The highest BCUT2D eigenvalue weighted by Gasteiger charge is 2.24. The van der Waals surface area contributed by atoms with E-state index in [0.29, 0.717) is 0 Å². The van der Waals surface area contributed by atoms with Crippen molar-refractivity contribution in [3.63, 3.8) is 0 Å². The maximum Gasteiger partial charge on any atom is 0.409 e. The number of rotatable bonds is 1. The zero-order valence-electron chi connectivity index (χ0n) is 8.21. The molecular formula is C8H14N2O2S. The Morgan fingerprint density at radius 2 is 1.92 bits per heavy atom. The average Bonchev–Trinajstić information content (AvgIpc) is 1.81. The minimum Gasteiger partial charge on any atom is -0.444 e. The average molecular weight is 202 g/mol. The topological polar surface area (TPSA) is 62.1 Å². The van der Waals surface area contributed by atoms with E-state index in [1.165, 1.54) is 6.92 Å². The highest BCUT2D eigenvalue weighted by atomic mass is 32.1. The number of nitrogens with one attached hydrogen (secondary N) is 1. The molecule has 0 bridgehead atoms. The maximum absolute atomic E-state index is 11.1. The van der Waals surface area contributed by atoms with Crippen molar-refractivity contribution >= 4 is 18.7 Å². The van der Waals surface area contributed by atoms with Gasteiger partial charge in [-0.05, 0) is 27.7 Å². The third-order valence-electron chi connectivity index (χ3n) is 0.962. The van der Waals surface area contributed by atoms with Crippen LogP contribution in [0.4, 0.5) is 4.79 Å². The number of carbonyl (C=O) groups is 1. The first kappa shape index (κ1) is 12.1. The highest BCUT2D eigenvalue weighted by molar-refractivity contribution is 7.82. The number of alkyl carbamates (subject to hydrolysis) is 1. The highest BCUT2D eigenvalue weighted by Crippen LogP contribution is 2.11. The Balaban J connectivity index is 4.13. The van der Waals surface area contributed by atoms with Crippen molar-refractivity contribution in [3.05, 3.63) is 0 Å². The molecule has 0 saturated heterocycles. The Kier molecular flexibility index (Phi) is 3.61. The number of hydrogen-bond donors (Lipinski definition) is 2. The summed E-state index contributed by atoms with van der Waals surface area (Å²) in [6, 6.07) is 1.81. The molecule has 0 fully saturated rings. The van der Waals surface area contributed by atoms with Crippen LogP contribution in [0.25, 0.3) is 0 Å². The lowest BCUT2D eigenvalue weighted by Gasteiger charge is -2.23. The normalized spacial score (nSPS) is 15.4. The number of carbonyl (C=O) groups excluding carboxylic acids is 1. The second-order valence-corrected chi connectivity index (χ2v) is 4.71. The zero-order valence-corrected chi connectivity index (χ0v) is 9.11. The SMILES string of the molecule is CC(S)(C#N)NC(=O)OC(C)(C)C. The van der Waals surface area contributed by atoms with E-state index in [9.17, 15) is 4.79 Å². The molecule has 0 heterocycles. The number of amides is 1. The molecule has 5 heteroatoms. The van der Waals surface area contributed by atoms with Crippen LogP contribution in [0.2, 0.25) is 0 Å². The molecule has 1 N–H and O–H groups in total. The molecule has 0 radical (unpaired) electrons. The summed E-state index contributed by atoms with van der Waals surface area (Å²) < 4.78 is 4.93. The van der Waals surface area contributed by atoms with E-state index in [1.54, 1.807) is 20.8 Å². The Hall–Kier alpha value is -0.890. The molecule has 0 rings (SSSR count). The van der Waals surface area contributed by atoms with Gasteiger partial charge < -0.3 is 4.74 Å². The number of hydrogen-bond acceptors (Lipinski definition) is 4. The lowest BCUT2D eigenvalue weighted by atomic mass is 10.2. The minimum atomic E-state index is -1.19. The summed E-state index contributed by atoms with van der Waals surface area (Å²) in [6.07, 6.45) is -0.647. The molecule has 0 aromatic heterocycles. The van der Waals surface area contributed by atoms with Crippen LogP contribution in [0.1, 0.15) is 27.7 Å². The van der Waals surface area contributed by atoms with Gasteiger partial charge in [-0.2, -0.15) is 5.26 Å². The van der Waals surface area contributed by atoms with Gasteiger partial charge in [0.2, 0.25) is 0 Å². The van der Waals surface area contributed by atoms with Gasteiger partial charge in [0.25, 0.3) is 0 Å². The molecule has 0 aliphatic heterocycles. The molecule has 0 aromatic carbocycles. The fourth-order valence-corrected chi connectivity index (χ4v) is 0.622. The molecule has 13 heavy (non-hydrogen) atoms. The van der Waals surface area contributed by atoms with Gasteiger partial charge in [-0.3, -0.25) is 5.32 Å². The van der Waals surface area contributed by atoms with Crippen molar-refractivity contribution in [2.24, 2.45) is 0 Å². The van der Waals surface area contributed by atoms with E-state index >= 15 is 0 Å². The van der Waals surface area contributed by atoms with Crippen molar-refractivity contribution in [1.29, 1.82) is 5.26 Å². The summed E-state index contributed by atoms with van der Waals surface area (Å²) in [7, 11) is 0. The Bertz CT molecular complexity index is 238. The van der Waals surface area contributed by atoms with E-state index < -0.39 is 16.6 Å². The summed E-state index contributed by atoms with van der Waals surface area (Å²) in [5.41, 5.74) is -0.566. The van der Waals surface area contributed by atoms with E-state index in [1.807, 2.05) is 6.07 Å². The van der Waals surface area contributed by atoms with Crippen LogP contribution in [-0.2, 0) is 4.74 Å². The fourth-order valence-electron chi connectivity index (χ4n) is 0.530. The molecule has 0 saturated carbocycles. The van der Waals surface area contributed by atoms with Crippen LogP contribution in [0.5, 0.6) is 0 Å². The molecule has 0 spiro atoms. The third-order valence-corrected chi connectivity index (χ3v) is 1.17. The van der Waals surface area contributed by atoms with E-state index in [0.717, 1.165) is 0 Å². The lowest BCUT2D eigenvalue weighted by Crippen LogP contribution is -2.43. The Morgan fingerprint density at radius 3 is 2.23 bits per heavy atom. The van der Waals surface area contributed by atoms with E-state index in [2.05, 4.69) is 17.9 Å². The van der Waals surface area contributed by atoms with Gasteiger partial charge in [0.1, 0.15) is 11.7 Å². The van der Waals surface area contributed by atoms with Gasteiger partial charge in [-0.15, -0.1) is 12.6 Å². The van der Waals surface area contributed by atoms with Crippen LogP contribution < -0.4 is 5.32 Å². The lowest BCUT2D eigenvalue weighted by molar-refractivity contribution is 0.0512. The van der Waals surface area contributed by atoms with E-state index in [-0.39, 0.29) is 0 Å². The maximum atomic E-state index is 11.1. The first-order valence-electron chi connectivity index (χ1n) is 3.81. The molecule has 0 aliphatic carbocycles.